The van der Waals surface area contributed by atoms with E-state index in [1.54, 1.807) is 20.2 Å². The van der Waals surface area contributed by atoms with Crippen molar-refractivity contribution >= 4 is 23.5 Å². The Morgan fingerprint density at radius 3 is 2.40 bits per heavy atom. The highest BCUT2D eigenvalue weighted by Crippen LogP contribution is 2.53. The van der Waals surface area contributed by atoms with Gasteiger partial charge in [-0.15, -0.1) is 0 Å². The second-order valence-corrected chi connectivity index (χ2v) is 12.2. The second kappa shape index (κ2) is 10.1. The molecule has 2 aromatic carbocycles. The molecular weight excluding hydrogens is 550 g/mol. The smallest absolute Gasteiger partial charge is 0.255 e. The highest BCUT2D eigenvalue weighted by Gasteiger charge is 2.63. The van der Waals surface area contributed by atoms with Crippen LogP contribution in [-0.4, -0.2) is 87.0 Å². The van der Waals surface area contributed by atoms with Gasteiger partial charge in [-0.1, -0.05) is 30.3 Å². The van der Waals surface area contributed by atoms with Crippen molar-refractivity contribution in [2.75, 3.05) is 27.7 Å². The van der Waals surface area contributed by atoms with Crippen molar-refractivity contribution in [3.8, 4) is 16.9 Å². The standard InChI is InChI=1S/C33H35N3O7/c1-35(2)27-22-15-18-14-21-20(17-8-6-16(7-9-17)13-19-5-4-12-36(19)3)10-11-23(37)25(21)28(38)24(18)30(40)33(22,43)31(41)26(29(27)39)32(34)42/h6-11,13,18,22,27,37,39-40,43H,4-5,12,14-15H2,1-3H3,(H2,34,42). The lowest BCUT2D eigenvalue weighted by atomic mass is 9.58. The van der Waals surface area contributed by atoms with Gasteiger partial charge in [0.05, 0.1) is 11.6 Å². The Kier molecular flexibility index (Phi) is 6.74. The minimum atomic E-state index is -2.66. The highest BCUT2D eigenvalue weighted by molar-refractivity contribution is 6.24. The van der Waals surface area contributed by atoms with E-state index in [0.29, 0.717) is 5.56 Å². The van der Waals surface area contributed by atoms with Gasteiger partial charge in [0.25, 0.3) is 5.91 Å². The van der Waals surface area contributed by atoms with Gasteiger partial charge in [0.15, 0.2) is 11.4 Å². The summed E-state index contributed by atoms with van der Waals surface area (Å²) in [7, 11) is 5.29. The average Bonchev–Trinajstić information content (AvgIpc) is 3.35. The van der Waals surface area contributed by atoms with Gasteiger partial charge in [0.2, 0.25) is 5.78 Å². The van der Waals surface area contributed by atoms with Gasteiger partial charge in [-0.3, -0.25) is 19.3 Å². The Balaban J connectivity index is 1.45. The number of hydrogen-bond donors (Lipinski definition) is 5. The summed E-state index contributed by atoms with van der Waals surface area (Å²) >= 11 is 0. The Hall–Kier alpha value is -4.41. The van der Waals surface area contributed by atoms with Gasteiger partial charge in [-0.05, 0) is 80.1 Å². The lowest BCUT2D eigenvalue weighted by Gasteiger charge is -2.50. The maximum atomic E-state index is 14.0. The molecule has 10 heteroatoms. The number of amides is 1. The summed E-state index contributed by atoms with van der Waals surface area (Å²) in [5, 5.41) is 45.0. The number of allylic oxidation sites excluding steroid dienone is 2. The number of likely N-dealkylation sites (N-methyl/N-ethyl adjacent to an activating group) is 1. The number of phenols is 1. The molecule has 10 nitrogen and oxygen atoms in total. The van der Waals surface area contributed by atoms with Gasteiger partial charge in [-0.2, -0.15) is 0 Å². The van der Waals surface area contributed by atoms with Crippen molar-refractivity contribution in [2.45, 2.75) is 37.3 Å². The SMILES string of the molecule is CN1CCCC1=Cc1ccc(-c2ccc(O)c3c2CC2CC4C(N(C)C)C(O)=C(C(N)=O)C(=O)C4(O)C(O)=C2C3=O)cc1. The first-order valence-electron chi connectivity index (χ1n) is 14.4. The maximum Gasteiger partial charge on any atom is 0.255 e. The van der Waals surface area contributed by atoms with Gasteiger partial charge in [-0.25, -0.2) is 0 Å². The van der Waals surface area contributed by atoms with Crippen LogP contribution >= 0.6 is 0 Å². The average molecular weight is 586 g/mol. The monoisotopic (exact) mass is 585 g/mol. The molecule has 6 rings (SSSR count). The maximum absolute atomic E-state index is 14.0. The molecule has 1 amide bonds. The molecule has 0 aromatic heterocycles. The van der Waals surface area contributed by atoms with Crippen molar-refractivity contribution in [3.05, 3.63) is 81.5 Å². The third kappa shape index (κ3) is 4.19. The minimum Gasteiger partial charge on any atom is -0.510 e. The number of fused-ring (bicyclic) bond motifs is 3. The number of primary amides is 1. The molecule has 0 spiro atoms. The number of rotatable bonds is 4. The van der Waals surface area contributed by atoms with E-state index in [9.17, 15) is 34.8 Å². The molecular formula is C33H35N3O7. The van der Waals surface area contributed by atoms with E-state index in [-0.39, 0.29) is 29.7 Å². The van der Waals surface area contributed by atoms with Gasteiger partial charge < -0.3 is 31.1 Å². The predicted octanol–water partition coefficient (Wildman–Crippen LogP) is 2.85. The Morgan fingerprint density at radius 2 is 1.79 bits per heavy atom. The van der Waals surface area contributed by atoms with Crippen molar-refractivity contribution in [3.63, 3.8) is 0 Å². The van der Waals surface area contributed by atoms with E-state index >= 15 is 0 Å². The molecule has 1 saturated heterocycles. The number of hydrogen-bond acceptors (Lipinski definition) is 9. The molecule has 4 aliphatic rings. The molecule has 1 heterocycles. The number of Topliss-reactive ketones (excluding diaryl/α,β-unsaturated/α-hetero) is 2. The molecule has 224 valence electrons. The highest BCUT2D eigenvalue weighted by atomic mass is 16.3. The molecule has 0 saturated carbocycles. The Labute approximate surface area is 249 Å². The number of ketones is 2. The molecule has 43 heavy (non-hydrogen) atoms. The van der Waals surface area contributed by atoms with Crippen LogP contribution in [0.2, 0.25) is 0 Å². The number of likely N-dealkylation sites (tertiary alicyclic amines) is 1. The third-order valence-electron chi connectivity index (χ3n) is 9.58. The summed E-state index contributed by atoms with van der Waals surface area (Å²) < 4.78 is 0. The summed E-state index contributed by atoms with van der Waals surface area (Å²) in [6.45, 7) is 1.04. The van der Waals surface area contributed by atoms with Crippen LogP contribution in [0, 0.1) is 11.8 Å². The zero-order valence-corrected chi connectivity index (χ0v) is 24.3. The normalized spacial score (nSPS) is 28.0. The van der Waals surface area contributed by atoms with E-state index in [0.717, 1.165) is 36.1 Å². The number of aromatic hydroxyl groups is 1. The van der Waals surface area contributed by atoms with Crippen LogP contribution in [0.25, 0.3) is 17.2 Å². The summed E-state index contributed by atoms with van der Waals surface area (Å²) in [5.41, 5.74) is 6.27. The fraction of sp³-hybridized carbons (Fsp3) is 0.364. The van der Waals surface area contributed by atoms with Crippen LogP contribution in [-0.2, 0) is 16.0 Å². The van der Waals surface area contributed by atoms with Gasteiger partial charge in [0.1, 0.15) is 22.8 Å². The number of carbonyl (C=O) groups is 3. The lowest BCUT2D eigenvalue weighted by Crippen LogP contribution is -2.63. The van der Waals surface area contributed by atoms with E-state index in [1.165, 1.54) is 16.7 Å². The van der Waals surface area contributed by atoms with Gasteiger partial charge >= 0.3 is 0 Å². The van der Waals surface area contributed by atoms with E-state index < -0.39 is 58.0 Å². The first-order valence-corrected chi connectivity index (χ1v) is 14.4. The van der Waals surface area contributed by atoms with Crippen molar-refractivity contribution in [2.24, 2.45) is 17.6 Å². The van der Waals surface area contributed by atoms with Crippen molar-refractivity contribution < 1.29 is 34.8 Å². The van der Waals surface area contributed by atoms with E-state index in [4.69, 9.17) is 5.73 Å². The number of carbonyl (C=O) groups excluding carboxylic acids is 3. The van der Waals surface area contributed by atoms with Crippen molar-refractivity contribution in [1.29, 1.82) is 0 Å². The molecule has 4 unspecified atom stereocenters. The summed E-state index contributed by atoms with van der Waals surface area (Å²) in [6.07, 6.45) is 4.60. The number of nitrogens with two attached hydrogens (primary N) is 1. The van der Waals surface area contributed by atoms with Crippen LogP contribution < -0.4 is 5.73 Å². The summed E-state index contributed by atoms with van der Waals surface area (Å²) in [5.74, 6) is -6.64. The van der Waals surface area contributed by atoms with Crippen LogP contribution in [0.5, 0.6) is 5.75 Å². The molecule has 1 fully saturated rings. The van der Waals surface area contributed by atoms with Crippen LogP contribution in [0.1, 0.15) is 40.7 Å². The molecule has 4 atom stereocenters. The number of aliphatic hydroxyl groups is 3. The van der Waals surface area contributed by atoms with Gasteiger partial charge in [0, 0.05) is 30.8 Å². The zero-order valence-electron chi connectivity index (χ0n) is 24.3. The number of benzene rings is 2. The van der Waals surface area contributed by atoms with Crippen molar-refractivity contribution in [1.82, 2.24) is 9.80 Å². The first-order chi connectivity index (χ1) is 20.4. The quantitative estimate of drug-likeness (QED) is 0.339. The number of aliphatic hydroxyl groups excluding tert-OH is 2. The Morgan fingerprint density at radius 1 is 1.09 bits per heavy atom. The van der Waals surface area contributed by atoms with Crippen LogP contribution in [0.4, 0.5) is 0 Å². The largest absolute Gasteiger partial charge is 0.510 e. The predicted molar refractivity (Wildman–Crippen MR) is 159 cm³/mol. The fourth-order valence-corrected chi connectivity index (χ4v) is 7.49. The number of nitrogens with zero attached hydrogens (tertiary/aromatic N) is 2. The van der Waals surface area contributed by atoms with Crippen LogP contribution in [0.3, 0.4) is 0 Å². The number of phenolic OH excluding ortho intramolecular Hbond substituents is 1. The molecule has 2 aromatic rings. The minimum absolute atomic E-state index is 0.00272. The van der Waals surface area contributed by atoms with Crippen LogP contribution in [0.15, 0.2) is 64.8 Å². The zero-order chi connectivity index (χ0) is 31.0. The Bertz CT molecular complexity index is 1670. The third-order valence-corrected chi connectivity index (χ3v) is 9.58. The van der Waals surface area contributed by atoms with E-state index in [2.05, 4.69) is 18.0 Å². The molecule has 0 bridgehead atoms. The molecule has 1 aliphatic heterocycles. The molecule has 6 N–H and O–H groups in total. The topological polar surface area (TPSA) is 165 Å². The summed E-state index contributed by atoms with van der Waals surface area (Å²) in [4.78, 5) is 43.4. The first kappa shape index (κ1) is 28.7. The second-order valence-electron chi connectivity index (χ2n) is 12.2. The lowest BCUT2D eigenvalue weighted by molar-refractivity contribution is -0.148. The fourth-order valence-electron chi connectivity index (χ4n) is 7.49. The molecule has 0 radical (unpaired) electrons. The van der Waals surface area contributed by atoms with E-state index in [1.807, 2.05) is 24.3 Å². The summed E-state index contributed by atoms with van der Waals surface area (Å²) in [6, 6.07) is 10.1. The molecule has 3 aliphatic carbocycles.